The van der Waals surface area contributed by atoms with Crippen LogP contribution in [0.4, 0.5) is 13.2 Å². The van der Waals surface area contributed by atoms with E-state index in [0.29, 0.717) is 6.54 Å². The summed E-state index contributed by atoms with van der Waals surface area (Å²) < 4.78 is 45.2. The van der Waals surface area contributed by atoms with E-state index < -0.39 is 12.8 Å². The zero-order valence-corrected chi connectivity index (χ0v) is 10.1. The highest BCUT2D eigenvalue weighted by molar-refractivity contribution is 4.81. The molecule has 0 aliphatic heterocycles. The van der Waals surface area contributed by atoms with Crippen molar-refractivity contribution >= 4 is 0 Å². The third kappa shape index (κ3) is 6.24. The molecule has 0 heterocycles. The fraction of sp³-hybridized carbons (Fsp3) is 1.00. The van der Waals surface area contributed by atoms with Gasteiger partial charge in [0.2, 0.25) is 0 Å². The highest BCUT2D eigenvalue weighted by atomic mass is 19.4. The summed E-state index contributed by atoms with van der Waals surface area (Å²) in [4.78, 5) is 0. The summed E-state index contributed by atoms with van der Waals surface area (Å²) in [5.74, 6) is 0. The number of ether oxygens (including phenoxy) is 2. The zero-order valence-electron chi connectivity index (χ0n) is 10.1. The molecule has 0 aromatic rings. The molecule has 0 aromatic carbocycles. The molecule has 3 nitrogen and oxygen atoms in total. The van der Waals surface area contributed by atoms with E-state index in [1.807, 2.05) is 0 Å². The predicted octanol–water partition coefficient (Wildman–Crippen LogP) is 2.11. The summed E-state index contributed by atoms with van der Waals surface area (Å²) in [5, 5.41) is 3.19. The van der Waals surface area contributed by atoms with Gasteiger partial charge in [0.25, 0.3) is 0 Å². The first-order valence-corrected chi connectivity index (χ1v) is 5.93. The van der Waals surface area contributed by atoms with E-state index in [-0.39, 0.29) is 18.8 Å². The minimum Gasteiger partial charge on any atom is -0.380 e. The van der Waals surface area contributed by atoms with Crippen molar-refractivity contribution in [3.8, 4) is 0 Å². The first kappa shape index (κ1) is 14.7. The Kier molecular flexibility index (Phi) is 6.22. The van der Waals surface area contributed by atoms with Gasteiger partial charge in [0.15, 0.2) is 0 Å². The quantitative estimate of drug-likeness (QED) is 0.737. The minimum atomic E-state index is -4.24. The van der Waals surface area contributed by atoms with Crippen LogP contribution in [-0.2, 0) is 9.47 Å². The molecular formula is C11H20F3NO2. The predicted molar refractivity (Wildman–Crippen MR) is 57.9 cm³/mol. The molecule has 17 heavy (non-hydrogen) atoms. The number of rotatable bonds is 6. The van der Waals surface area contributed by atoms with Gasteiger partial charge in [-0.2, -0.15) is 13.2 Å². The number of hydrogen-bond donors (Lipinski definition) is 1. The minimum absolute atomic E-state index is 0.0758. The van der Waals surface area contributed by atoms with E-state index in [1.165, 1.54) is 0 Å². The average Bonchev–Trinajstić information content (AvgIpc) is 2.27. The lowest BCUT2D eigenvalue weighted by molar-refractivity contribution is -0.173. The topological polar surface area (TPSA) is 30.5 Å². The Morgan fingerprint density at radius 3 is 2.59 bits per heavy atom. The number of halogens is 3. The third-order valence-electron chi connectivity index (χ3n) is 2.92. The Hall–Kier alpha value is -0.330. The van der Waals surface area contributed by atoms with Crippen LogP contribution in [0.5, 0.6) is 0 Å². The molecular weight excluding hydrogens is 235 g/mol. The van der Waals surface area contributed by atoms with Crippen molar-refractivity contribution in [1.82, 2.24) is 5.32 Å². The lowest BCUT2D eigenvalue weighted by Gasteiger charge is -2.31. The van der Waals surface area contributed by atoms with Gasteiger partial charge in [-0.1, -0.05) is 12.8 Å². The van der Waals surface area contributed by atoms with Crippen LogP contribution in [0.15, 0.2) is 0 Å². The van der Waals surface area contributed by atoms with Gasteiger partial charge in [-0.15, -0.1) is 0 Å². The van der Waals surface area contributed by atoms with E-state index in [0.717, 1.165) is 25.7 Å². The summed E-state index contributed by atoms with van der Waals surface area (Å²) in [6.45, 7) is -0.667. The van der Waals surface area contributed by atoms with Crippen LogP contribution in [0.1, 0.15) is 25.7 Å². The van der Waals surface area contributed by atoms with Crippen molar-refractivity contribution in [1.29, 1.82) is 0 Å². The lowest BCUT2D eigenvalue weighted by atomic mass is 9.92. The molecule has 1 N–H and O–H groups in total. The van der Waals surface area contributed by atoms with Gasteiger partial charge in [-0.3, -0.25) is 0 Å². The van der Waals surface area contributed by atoms with Crippen LogP contribution in [-0.4, -0.2) is 45.2 Å². The molecule has 1 rings (SSSR count). The van der Waals surface area contributed by atoms with E-state index >= 15 is 0 Å². The van der Waals surface area contributed by atoms with Gasteiger partial charge >= 0.3 is 6.18 Å². The summed E-state index contributed by atoms with van der Waals surface area (Å²) >= 11 is 0. The molecule has 0 saturated heterocycles. The molecule has 0 aromatic heterocycles. The highest BCUT2D eigenvalue weighted by Gasteiger charge is 2.27. The highest BCUT2D eigenvalue weighted by Crippen LogP contribution is 2.20. The molecule has 1 saturated carbocycles. The number of alkyl halides is 3. The summed E-state index contributed by atoms with van der Waals surface area (Å²) in [6.07, 6.45) is 0.253. The van der Waals surface area contributed by atoms with Crippen LogP contribution >= 0.6 is 0 Å². The van der Waals surface area contributed by atoms with Crippen LogP contribution in [0.2, 0.25) is 0 Å². The largest absolute Gasteiger partial charge is 0.411 e. The monoisotopic (exact) mass is 255 g/mol. The summed E-state index contributed by atoms with van der Waals surface area (Å²) in [6, 6.07) is 0.239. The summed E-state index contributed by atoms with van der Waals surface area (Å²) in [5.41, 5.74) is 0. The number of hydrogen-bond acceptors (Lipinski definition) is 3. The molecule has 0 amide bonds. The molecule has 2 atom stereocenters. The molecule has 2 unspecified atom stereocenters. The molecule has 0 radical (unpaired) electrons. The Bertz CT molecular complexity index is 211. The Labute approximate surface area is 99.7 Å². The fourth-order valence-electron chi connectivity index (χ4n) is 2.12. The van der Waals surface area contributed by atoms with Crippen molar-refractivity contribution in [2.45, 2.75) is 44.0 Å². The molecule has 102 valence electrons. The van der Waals surface area contributed by atoms with E-state index in [9.17, 15) is 13.2 Å². The van der Waals surface area contributed by atoms with Gasteiger partial charge < -0.3 is 14.8 Å². The lowest BCUT2D eigenvalue weighted by Crippen LogP contribution is -2.44. The van der Waals surface area contributed by atoms with E-state index in [4.69, 9.17) is 4.74 Å². The van der Waals surface area contributed by atoms with Crippen LogP contribution in [0, 0.1) is 0 Å². The zero-order chi connectivity index (χ0) is 12.7. The number of nitrogens with one attached hydrogen (secondary N) is 1. The SMILES string of the molecule is COC1CCCCC1NCCOCC(F)(F)F. The van der Waals surface area contributed by atoms with E-state index in [1.54, 1.807) is 7.11 Å². The maximum Gasteiger partial charge on any atom is 0.411 e. The molecule has 1 fully saturated rings. The molecule has 1 aliphatic rings. The third-order valence-corrected chi connectivity index (χ3v) is 2.92. The van der Waals surface area contributed by atoms with Crippen LogP contribution < -0.4 is 5.32 Å². The van der Waals surface area contributed by atoms with Crippen molar-refractivity contribution in [3.63, 3.8) is 0 Å². The maximum absolute atomic E-state index is 11.8. The van der Waals surface area contributed by atoms with Crippen LogP contribution in [0.3, 0.4) is 0 Å². The molecule has 1 aliphatic carbocycles. The second-order valence-electron chi connectivity index (χ2n) is 4.29. The smallest absolute Gasteiger partial charge is 0.380 e. The van der Waals surface area contributed by atoms with E-state index in [2.05, 4.69) is 10.1 Å². The molecule has 0 spiro atoms. The summed E-state index contributed by atoms with van der Waals surface area (Å²) in [7, 11) is 1.67. The van der Waals surface area contributed by atoms with Gasteiger partial charge in [0.1, 0.15) is 6.61 Å². The second kappa shape index (κ2) is 7.18. The second-order valence-corrected chi connectivity index (χ2v) is 4.29. The first-order valence-electron chi connectivity index (χ1n) is 5.93. The molecule has 0 bridgehead atoms. The first-order chi connectivity index (χ1) is 8.03. The fourth-order valence-corrected chi connectivity index (χ4v) is 2.12. The number of methoxy groups -OCH3 is 1. The van der Waals surface area contributed by atoms with Crippen molar-refractivity contribution < 1.29 is 22.6 Å². The Morgan fingerprint density at radius 1 is 1.24 bits per heavy atom. The van der Waals surface area contributed by atoms with Gasteiger partial charge in [0.05, 0.1) is 12.7 Å². The Morgan fingerprint density at radius 2 is 1.94 bits per heavy atom. The van der Waals surface area contributed by atoms with Gasteiger partial charge in [-0.05, 0) is 12.8 Å². The Balaban J connectivity index is 2.08. The van der Waals surface area contributed by atoms with Crippen molar-refractivity contribution in [2.24, 2.45) is 0 Å². The van der Waals surface area contributed by atoms with Gasteiger partial charge in [0, 0.05) is 19.7 Å². The standard InChI is InChI=1S/C11H20F3NO2/c1-16-10-5-3-2-4-9(10)15-6-7-17-8-11(12,13)14/h9-10,15H,2-8H2,1H3. The molecule has 6 heteroatoms. The average molecular weight is 255 g/mol. The van der Waals surface area contributed by atoms with Crippen molar-refractivity contribution in [3.05, 3.63) is 0 Å². The maximum atomic E-state index is 11.8. The normalized spacial score (nSPS) is 26.1. The van der Waals surface area contributed by atoms with Crippen molar-refractivity contribution in [2.75, 3.05) is 26.9 Å². The van der Waals surface area contributed by atoms with Crippen LogP contribution in [0.25, 0.3) is 0 Å². The van der Waals surface area contributed by atoms with Gasteiger partial charge in [-0.25, -0.2) is 0 Å².